The zero-order valence-corrected chi connectivity index (χ0v) is 28.3. The van der Waals surface area contributed by atoms with Crippen molar-refractivity contribution >= 4 is 87.4 Å². The Morgan fingerprint density at radius 2 is 1.22 bits per heavy atom. The standard InChI is InChI=1S/C44H23N5O.Pd/c1-2-8-26(9-3-1)48-38-14-5-4-10-30(38)36-24-39-35(25-41(36)48)29-17-15-27(22-37(29)43-46-20-21-47(39)43)50-28-16-18-31-32-11-6-12-33-34-13-7-19-45-44(34)49(42(32)33)40(31)23-28;/h1-21,24-25H;/q-2;+2. The van der Waals surface area contributed by atoms with Crippen molar-refractivity contribution in [2.75, 3.05) is 0 Å². The van der Waals surface area contributed by atoms with Crippen molar-refractivity contribution < 1.29 is 25.2 Å². The van der Waals surface area contributed by atoms with Crippen molar-refractivity contribution in [3.05, 3.63) is 152 Å². The van der Waals surface area contributed by atoms with E-state index in [9.17, 15) is 0 Å². The molecule has 0 aliphatic carbocycles. The average molecular weight is 744 g/mol. The van der Waals surface area contributed by atoms with Crippen LogP contribution < -0.4 is 4.74 Å². The molecule has 0 aliphatic heterocycles. The third-order valence-corrected chi connectivity index (χ3v) is 10.3. The van der Waals surface area contributed by atoms with Crippen LogP contribution in [-0.4, -0.2) is 23.3 Å². The Labute approximate surface area is 303 Å². The third kappa shape index (κ3) is 3.79. The number of benzene rings is 6. The summed E-state index contributed by atoms with van der Waals surface area (Å²) in [5, 5.41) is 10.1. The van der Waals surface area contributed by atoms with Gasteiger partial charge in [0.05, 0.1) is 16.7 Å². The van der Waals surface area contributed by atoms with Gasteiger partial charge in [-0.2, -0.15) is 6.07 Å². The zero-order chi connectivity index (χ0) is 32.5. The second-order valence-corrected chi connectivity index (χ2v) is 12.9. The summed E-state index contributed by atoms with van der Waals surface area (Å²) in [6.07, 6.45) is 5.73. The minimum absolute atomic E-state index is 0. The first kappa shape index (κ1) is 28.6. The molecule has 0 atom stereocenters. The Balaban J connectivity index is 0.00000310. The van der Waals surface area contributed by atoms with Crippen molar-refractivity contribution in [3.63, 3.8) is 0 Å². The van der Waals surface area contributed by atoms with E-state index in [1.165, 1.54) is 27.1 Å². The molecule has 0 aliphatic rings. The van der Waals surface area contributed by atoms with Gasteiger partial charge in [0.2, 0.25) is 0 Å². The maximum Gasteiger partial charge on any atom is 2.00 e. The summed E-state index contributed by atoms with van der Waals surface area (Å²) < 4.78 is 13.3. The summed E-state index contributed by atoms with van der Waals surface area (Å²) in [4.78, 5) is 9.57. The van der Waals surface area contributed by atoms with Crippen molar-refractivity contribution in [2.24, 2.45) is 0 Å². The third-order valence-electron chi connectivity index (χ3n) is 10.3. The first-order valence-electron chi connectivity index (χ1n) is 16.7. The van der Waals surface area contributed by atoms with Crippen LogP contribution in [0.3, 0.4) is 0 Å². The summed E-state index contributed by atoms with van der Waals surface area (Å²) >= 11 is 0. The molecule has 0 fully saturated rings. The maximum atomic E-state index is 6.53. The van der Waals surface area contributed by atoms with Crippen LogP contribution in [0.15, 0.2) is 140 Å². The van der Waals surface area contributed by atoms with E-state index in [0.29, 0.717) is 11.5 Å². The molecule has 0 unspecified atom stereocenters. The van der Waals surface area contributed by atoms with Gasteiger partial charge < -0.3 is 18.1 Å². The zero-order valence-electron chi connectivity index (χ0n) is 26.7. The van der Waals surface area contributed by atoms with E-state index in [1.54, 1.807) is 0 Å². The topological polar surface area (TPSA) is 48.8 Å². The van der Waals surface area contributed by atoms with Crippen molar-refractivity contribution in [3.8, 4) is 17.2 Å². The maximum absolute atomic E-state index is 6.53. The summed E-state index contributed by atoms with van der Waals surface area (Å²) in [6, 6.07) is 49.8. The first-order chi connectivity index (χ1) is 24.8. The van der Waals surface area contributed by atoms with Crippen molar-refractivity contribution in [1.29, 1.82) is 0 Å². The molecule has 6 aromatic carbocycles. The molecule has 0 bridgehead atoms. The fraction of sp³-hybridized carbons (Fsp3) is 0. The number of hydrogen-bond acceptors (Lipinski definition) is 3. The van der Waals surface area contributed by atoms with Gasteiger partial charge in [-0.05, 0) is 53.2 Å². The van der Waals surface area contributed by atoms with Gasteiger partial charge in [-0.25, -0.2) is 4.98 Å². The van der Waals surface area contributed by atoms with Gasteiger partial charge in [-0.1, -0.05) is 77.0 Å². The second-order valence-electron chi connectivity index (χ2n) is 12.9. The van der Waals surface area contributed by atoms with Crippen LogP contribution in [0.25, 0.3) is 93.0 Å². The molecule has 6 nitrogen and oxygen atoms in total. The van der Waals surface area contributed by atoms with E-state index in [2.05, 4.69) is 129 Å². The van der Waals surface area contributed by atoms with E-state index in [1.807, 2.05) is 36.8 Å². The van der Waals surface area contributed by atoms with Gasteiger partial charge in [0.15, 0.2) is 0 Å². The number of para-hydroxylation sites is 3. The molecule has 0 amide bonds. The Kier molecular flexibility index (Phi) is 5.81. The van der Waals surface area contributed by atoms with Crippen LogP contribution in [-0.2, 0) is 20.4 Å². The number of rotatable bonds is 3. The molecule has 0 saturated carbocycles. The largest absolute Gasteiger partial charge is 2.00 e. The van der Waals surface area contributed by atoms with Crippen LogP contribution >= 0.6 is 0 Å². The minimum atomic E-state index is 0. The van der Waals surface area contributed by atoms with Crippen molar-refractivity contribution in [1.82, 2.24) is 23.3 Å². The van der Waals surface area contributed by atoms with Gasteiger partial charge in [-0.3, -0.25) is 4.98 Å². The van der Waals surface area contributed by atoms with Gasteiger partial charge in [0.1, 0.15) is 5.65 Å². The molecular weight excluding hydrogens is 721 g/mol. The predicted octanol–water partition coefficient (Wildman–Crippen LogP) is 10.7. The number of nitrogens with zero attached hydrogens (tertiary/aromatic N) is 5. The Bertz CT molecular complexity index is 3360. The van der Waals surface area contributed by atoms with Crippen LogP contribution in [0.5, 0.6) is 11.5 Å². The summed E-state index contributed by atoms with van der Waals surface area (Å²) in [5.41, 5.74) is 8.43. The number of pyridine rings is 2. The fourth-order valence-electron chi connectivity index (χ4n) is 8.26. The molecule has 6 heterocycles. The minimum Gasteiger partial charge on any atom is -0.503 e. The van der Waals surface area contributed by atoms with E-state index < -0.39 is 0 Å². The molecule has 7 heteroatoms. The molecule has 240 valence electrons. The Morgan fingerprint density at radius 1 is 0.510 bits per heavy atom. The summed E-state index contributed by atoms with van der Waals surface area (Å²) in [7, 11) is 0. The van der Waals surface area contributed by atoms with E-state index >= 15 is 0 Å². The van der Waals surface area contributed by atoms with Crippen molar-refractivity contribution in [2.45, 2.75) is 0 Å². The Morgan fingerprint density at radius 3 is 2.12 bits per heavy atom. The number of fused-ring (bicyclic) bond motifs is 15. The first-order valence-corrected chi connectivity index (χ1v) is 16.7. The van der Waals surface area contributed by atoms with Crippen LogP contribution in [0.4, 0.5) is 0 Å². The summed E-state index contributed by atoms with van der Waals surface area (Å²) in [6.45, 7) is 0. The number of hydrogen-bond donors (Lipinski definition) is 0. The molecular formula is C44H23N5OPd. The number of aromatic nitrogens is 5. The van der Waals surface area contributed by atoms with Gasteiger partial charge in [-0.15, -0.1) is 29.7 Å². The van der Waals surface area contributed by atoms with Gasteiger partial charge in [0, 0.05) is 68.4 Å². The van der Waals surface area contributed by atoms with Crippen LogP contribution in [0.1, 0.15) is 0 Å². The van der Waals surface area contributed by atoms with Crippen LogP contribution in [0, 0.1) is 12.1 Å². The molecule has 12 aromatic rings. The quantitative estimate of drug-likeness (QED) is 0.103. The molecule has 12 rings (SSSR count). The second kappa shape index (κ2) is 10.4. The predicted molar refractivity (Wildman–Crippen MR) is 201 cm³/mol. The monoisotopic (exact) mass is 743 g/mol. The normalized spacial score (nSPS) is 12.2. The molecule has 0 saturated heterocycles. The molecule has 0 radical (unpaired) electrons. The summed E-state index contributed by atoms with van der Waals surface area (Å²) in [5.74, 6) is 1.22. The van der Waals surface area contributed by atoms with E-state index in [0.717, 1.165) is 66.0 Å². The van der Waals surface area contributed by atoms with Gasteiger partial charge in [0.25, 0.3) is 0 Å². The molecule has 6 aromatic heterocycles. The van der Waals surface area contributed by atoms with Gasteiger partial charge >= 0.3 is 20.4 Å². The fourth-order valence-corrected chi connectivity index (χ4v) is 8.26. The molecule has 0 spiro atoms. The van der Waals surface area contributed by atoms with E-state index in [-0.39, 0.29) is 20.4 Å². The SMILES string of the molecule is [Pd+2].[c-]1c(Oc2[c-]c3c(cc2)c2cccc4c5cccnc5n3c24)ccc2c1c1nccn1c1cc3c4ccccc4n(-c4ccccc4)c3cc21. The number of imidazole rings is 1. The molecule has 51 heavy (non-hydrogen) atoms. The molecule has 0 N–H and O–H groups in total. The Hall–Kier alpha value is -6.26. The number of ether oxygens (including phenoxy) is 1. The smallest absolute Gasteiger partial charge is 0.503 e. The average Bonchev–Trinajstić information content (AvgIpc) is 3.94. The van der Waals surface area contributed by atoms with Crippen LogP contribution in [0.2, 0.25) is 0 Å². The van der Waals surface area contributed by atoms with E-state index in [4.69, 9.17) is 14.7 Å².